The van der Waals surface area contributed by atoms with E-state index in [1.165, 1.54) is 7.11 Å². The fourth-order valence-electron chi connectivity index (χ4n) is 3.47. The van der Waals surface area contributed by atoms with Gasteiger partial charge in [0.15, 0.2) is 11.5 Å². The Bertz CT molecular complexity index is 1210. The lowest BCUT2D eigenvalue weighted by Crippen LogP contribution is -2.11. The minimum atomic E-state index is -0.469. The fraction of sp³-hybridized carbons (Fsp3) is 0.250. The highest BCUT2D eigenvalue weighted by Gasteiger charge is 2.13. The fourth-order valence-corrected chi connectivity index (χ4v) is 3.47. The molecule has 0 aliphatic carbocycles. The van der Waals surface area contributed by atoms with Gasteiger partial charge in [-0.15, -0.1) is 5.10 Å². The van der Waals surface area contributed by atoms with E-state index in [2.05, 4.69) is 55.0 Å². The summed E-state index contributed by atoms with van der Waals surface area (Å²) in [4.78, 5) is 20.9. The van der Waals surface area contributed by atoms with Crippen LogP contribution in [-0.4, -0.2) is 43.7 Å². The third-order valence-corrected chi connectivity index (χ3v) is 5.20. The summed E-state index contributed by atoms with van der Waals surface area (Å²) in [6, 6.07) is 17.8. The van der Waals surface area contributed by atoms with Crippen molar-refractivity contribution in [1.82, 2.24) is 30.6 Å². The summed E-state index contributed by atoms with van der Waals surface area (Å²) in [6.45, 7) is 2.64. The van der Waals surface area contributed by atoms with Crippen LogP contribution in [0.3, 0.4) is 0 Å². The summed E-state index contributed by atoms with van der Waals surface area (Å²) in [5.41, 5.74) is 5.15. The first kappa shape index (κ1) is 22.1. The first-order valence-corrected chi connectivity index (χ1v) is 10.8. The maximum absolute atomic E-state index is 12.0. The van der Waals surface area contributed by atoms with E-state index in [-0.39, 0.29) is 5.69 Å². The minimum Gasteiger partial charge on any atom is -0.464 e. The molecule has 0 amide bonds. The zero-order valence-electron chi connectivity index (χ0n) is 18.6. The predicted octanol–water partition coefficient (Wildman–Crippen LogP) is 4.07. The zero-order valence-corrected chi connectivity index (χ0v) is 18.6. The van der Waals surface area contributed by atoms with E-state index in [0.29, 0.717) is 18.3 Å². The number of hydrogen-bond donors (Lipinski definition) is 2. The van der Waals surface area contributed by atoms with Gasteiger partial charge in [0.2, 0.25) is 5.95 Å². The molecule has 2 aromatic heterocycles. The molecule has 0 bridgehead atoms. The summed E-state index contributed by atoms with van der Waals surface area (Å²) in [6.07, 6.45) is 2.82. The molecule has 2 aromatic carbocycles. The molecule has 0 saturated carbocycles. The molecule has 0 aliphatic rings. The van der Waals surface area contributed by atoms with Crippen molar-refractivity contribution in [3.8, 4) is 22.5 Å². The Morgan fingerprint density at radius 3 is 2.55 bits per heavy atom. The van der Waals surface area contributed by atoms with Gasteiger partial charge < -0.3 is 10.1 Å². The summed E-state index contributed by atoms with van der Waals surface area (Å²) in [7, 11) is 1.35. The molecule has 0 spiro atoms. The highest BCUT2D eigenvalue weighted by atomic mass is 16.5. The second-order valence-corrected chi connectivity index (χ2v) is 7.51. The van der Waals surface area contributed by atoms with Gasteiger partial charge in [-0.2, -0.15) is 0 Å². The first-order valence-electron chi connectivity index (χ1n) is 10.8. The first-order chi connectivity index (χ1) is 16.2. The number of aromatic nitrogens is 6. The Hall–Kier alpha value is -4.14. The van der Waals surface area contributed by atoms with Crippen molar-refractivity contribution < 1.29 is 9.53 Å². The van der Waals surface area contributed by atoms with Crippen LogP contribution in [0.15, 0.2) is 54.6 Å². The molecule has 4 rings (SSSR count). The third-order valence-electron chi connectivity index (χ3n) is 5.20. The number of aryl methyl sites for hydroxylation is 1. The van der Waals surface area contributed by atoms with Crippen LogP contribution < -0.4 is 5.32 Å². The van der Waals surface area contributed by atoms with Crippen LogP contribution in [0.2, 0.25) is 0 Å². The number of benzene rings is 2. The standard InChI is InChI=1S/C24H25N7O2/c1-3-4-7-18-14-21(23(32)33-2)27-24(26-18)25-15-16-10-12-17(13-11-16)19-8-5-6-9-20(19)22-28-30-31-29-22/h5-6,8-14H,3-4,7,15H2,1-2H3,(H,25,26,27)(H,28,29,30,31). The summed E-state index contributed by atoms with van der Waals surface area (Å²) in [5, 5.41) is 17.4. The van der Waals surface area contributed by atoms with E-state index in [9.17, 15) is 4.79 Å². The number of nitrogens with zero attached hydrogens (tertiary/aromatic N) is 5. The third kappa shape index (κ3) is 5.38. The molecule has 0 unspecified atom stereocenters. The number of carbonyl (C=O) groups excluding carboxylic acids is 1. The van der Waals surface area contributed by atoms with Gasteiger partial charge in [0, 0.05) is 17.8 Å². The molecule has 33 heavy (non-hydrogen) atoms. The number of rotatable bonds is 9. The predicted molar refractivity (Wildman–Crippen MR) is 124 cm³/mol. The lowest BCUT2D eigenvalue weighted by molar-refractivity contribution is 0.0594. The normalized spacial score (nSPS) is 10.7. The van der Waals surface area contributed by atoms with Crippen molar-refractivity contribution in [2.24, 2.45) is 0 Å². The Balaban J connectivity index is 1.50. The lowest BCUT2D eigenvalue weighted by Gasteiger charge is -2.10. The van der Waals surface area contributed by atoms with Crippen LogP contribution in [0.1, 0.15) is 41.5 Å². The van der Waals surface area contributed by atoms with Gasteiger partial charge >= 0.3 is 5.97 Å². The summed E-state index contributed by atoms with van der Waals surface area (Å²) in [5.74, 6) is 0.567. The largest absolute Gasteiger partial charge is 0.464 e. The number of carbonyl (C=O) groups is 1. The maximum atomic E-state index is 12.0. The van der Waals surface area contributed by atoms with E-state index >= 15 is 0 Å². The van der Waals surface area contributed by atoms with Crippen molar-refractivity contribution in [2.45, 2.75) is 32.7 Å². The number of anilines is 1. The van der Waals surface area contributed by atoms with Gasteiger partial charge in [-0.1, -0.05) is 61.9 Å². The highest BCUT2D eigenvalue weighted by Crippen LogP contribution is 2.29. The van der Waals surface area contributed by atoms with Crippen molar-refractivity contribution >= 4 is 11.9 Å². The minimum absolute atomic E-state index is 0.259. The van der Waals surface area contributed by atoms with Gasteiger partial charge in [-0.3, -0.25) is 0 Å². The second kappa shape index (κ2) is 10.4. The van der Waals surface area contributed by atoms with Gasteiger partial charge in [-0.05, 0) is 46.0 Å². The average molecular weight is 444 g/mol. The number of nitrogens with one attached hydrogen (secondary N) is 2. The molecule has 0 fully saturated rings. The van der Waals surface area contributed by atoms with Gasteiger partial charge in [0.1, 0.15) is 0 Å². The quantitative estimate of drug-likeness (QED) is 0.372. The zero-order chi connectivity index (χ0) is 23.0. The number of hydrogen-bond acceptors (Lipinski definition) is 8. The van der Waals surface area contributed by atoms with Gasteiger partial charge in [0.05, 0.1) is 7.11 Å². The van der Waals surface area contributed by atoms with E-state index in [4.69, 9.17) is 4.74 Å². The molecule has 4 aromatic rings. The van der Waals surface area contributed by atoms with Gasteiger partial charge in [-0.25, -0.2) is 19.9 Å². The Morgan fingerprint density at radius 2 is 1.85 bits per heavy atom. The molecule has 9 heteroatoms. The highest BCUT2D eigenvalue weighted by molar-refractivity contribution is 5.87. The van der Waals surface area contributed by atoms with E-state index in [0.717, 1.165) is 47.2 Å². The van der Waals surface area contributed by atoms with E-state index < -0.39 is 5.97 Å². The van der Waals surface area contributed by atoms with E-state index in [1.54, 1.807) is 6.07 Å². The molecule has 2 N–H and O–H groups in total. The van der Waals surface area contributed by atoms with Crippen molar-refractivity contribution in [3.63, 3.8) is 0 Å². The molecular weight excluding hydrogens is 418 g/mol. The Kier molecular flexibility index (Phi) is 6.99. The monoisotopic (exact) mass is 443 g/mol. The van der Waals surface area contributed by atoms with Crippen molar-refractivity contribution in [3.05, 3.63) is 71.5 Å². The number of esters is 1. The van der Waals surface area contributed by atoms with Crippen LogP contribution in [0.25, 0.3) is 22.5 Å². The topological polar surface area (TPSA) is 119 Å². The smallest absolute Gasteiger partial charge is 0.356 e. The van der Waals surface area contributed by atoms with Crippen LogP contribution in [0.4, 0.5) is 5.95 Å². The average Bonchev–Trinajstić information content (AvgIpc) is 3.41. The number of unbranched alkanes of at least 4 members (excludes halogenated alkanes) is 1. The molecule has 0 atom stereocenters. The molecular formula is C24H25N7O2. The SMILES string of the molecule is CCCCc1cc(C(=O)OC)nc(NCc2ccc(-c3ccccc3-c3nnn[nH]3)cc2)n1. The van der Waals surface area contributed by atoms with Crippen LogP contribution >= 0.6 is 0 Å². The molecule has 0 saturated heterocycles. The van der Waals surface area contributed by atoms with Gasteiger partial charge in [0.25, 0.3) is 0 Å². The lowest BCUT2D eigenvalue weighted by atomic mass is 9.98. The Morgan fingerprint density at radius 1 is 1.06 bits per heavy atom. The molecule has 9 nitrogen and oxygen atoms in total. The molecule has 168 valence electrons. The second-order valence-electron chi connectivity index (χ2n) is 7.51. The number of methoxy groups -OCH3 is 1. The van der Waals surface area contributed by atoms with E-state index in [1.807, 2.05) is 36.4 Å². The molecule has 2 heterocycles. The molecule has 0 radical (unpaired) electrons. The number of aromatic amines is 1. The maximum Gasteiger partial charge on any atom is 0.356 e. The summed E-state index contributed by atoms with van der Waals surface area (Å²) >= 11 is 0. The van der Waals surface area contributed by atoms with Crippen LogP contribution in [0.5, 0.6) is 0 Å². The van der Waals surface area contributed by atoms with Crippen molar-refractivity contribution in [1.29, 1.82) is 0 Å². The summed E-state index contributed by atoms with van der Waals surface area (Å²) < 4.78 is 4.83. The van der Waals surface area contributed by atoms with Crippen LogP contribution in [0, 0.1) is 0 Å². The number of ether oxygens (including phenoxy) is 1. The van der Waals surface area contributed by atoms with Crippen LogP contribution in [-0.2, 0) is 17.7 Å². The Labute approximate surface area is 191 Å². The molecule has 0 aliphatic heterocycles. The van der Waals surface area contributed by atoms with Crippen molar-refractivity contribution in [2.75, 3.05) is 12.4 Å². The number of H-pyrrole nitrogens is 1. The number of tetrazole rings is 1.